The first kappa shape index (κ1) is 16.5. The molecule has 0 amide bonds. The molecule has 23 heavy (non-hydrogen) atoms. The van der Waals surface area contributed by atoms with Crippen LogP contribution in [-0.4, -0.2) is 36.1 Å². The number of methoxy groups -OCH3 is 1. The molecular formula is C16H21N5O2. The fourth-order valence-corrected chi connectivity index (χ4v) is 2.27. The fraction of sp³-hybridized carbons (Fsp3) is 0.312. The predicted molar refractivity (Wildman–Crippen MR) is 91.1 cm³/mol. The molecule has 3 N–H and O–H groups in total. The van der Waals surface area contributed by atoms with E-state index in [1.165, 1.54) is 13.4 Å². The van der Waals surface area contributed by atoms with Gasteiger partial charge in [-0.2, -0.15) is 0 Å². The highest BCUT2D eigenvalue weighted by Crippen LogP contribution is 2.29. The number of benzene rings is 1. The molecule has 0 atom stereocenters. The van der Waals surface area contributed by atoms with E-state index in [1.807, 2.05) is 24.8 Å². The second-order valence-electron chi connectivity index (χ2n) is 4.79. The van der Waals surface area contributed by atoms with E-state index in [2.05, 4.69) is 15.3 Å². The first-order valence-corrected chi connectivity index (χ1v) is 7.42. The van der Waals surface area contributed by atoms with E-state index in [0.29, 0.717) is 28.6 Å². The van der Waals surface area contributed by atoms with Crippen molar-refractivity contribution in [2.75, 3.05) is 36.1 Å². The summed E-state index contributed by atoms with van der Waals surface area (Å²) < 4.78 is 4.79. The van der Waals surface area contributed by atoms with Crippen LogP contribution in [-0.2, 0) is 4.74 Å². The smallest absolute Gasteiger partial charge is 0.339 e. The molecule has 122 valence electrons. The van der Waals surface area contributed by atoms with E-state index in [9.17, 15) is 4.79 Å². The van der Waals surface area contributed by atoms with E-state index in [-0.39, 0.29) is 0 Å². The Kier molecular flexibility index (Phi) is 5.35. The third kappa shape index (κ3) is 3.50. The van der Waals surface area contributed by atoms with Crippen molar-refractivity contribution in [2.45, 2.75) is 13.8 Å². The first-order chi connectivity index (χ1) is 11.1. The third-order valence-corrected chi connectivity index (χ3v) is 3.51. The summed E-state index contributed by atoms with van der Waals surface area (Å²) >= 11 is 0. The van der Waals surface area contributed by atoms with Crippen molar-refractivity contribution >= 4 is 29.0 Å². The Bertz CT molecular complexity index is 686. The molecule has 0 bridgehead atoms. The number of esters is 1. The zero-order valence-corrected chi connectivity index (χ0v) is 13.5. The number of carbonyl (C=O) groups is 1. The molecule has 0 fully saturated rings. The number of ether oxygens (including phenoxy) is 1. The summed E-state index contributed by atoms with van der Waals surface area (Å²) in [5.41, 5.74) is 7.63. The Morgan fingerprint density at radius 1 is 1.26 bits per heavy atom. The lowest BCUT2D eigenvalue weighted by molar-refractivity contribution is 0.0602. The number of nitrogen functional groups attached to an aromatic ring is 1. The van der Waals surface area contributed by atoms with Crippen molar-refractivity contribution in [3.63, 3.8) is 0 Å². The second kappa shape index (κ2) is 7.44. The molecule has 1 aromatic carbocycles. The Hall–Kier alpha value is -2.83. The largest absolute Gasteiger partial charge is 0.465 e. The molecule has 0 aliphatic carbocycles. The minimum Gasteiger partial charge on any atom is -0.465 e. The maximum absolute atomic E-state index is 11.8. The molecule has 7 nitrogen and oxygen atoms in total. The molecule has 7 heteroatoms. The average molecular weight is 315 g/mol. The van der Waals surface area contributed by atoms with Crippen LogP contribution in [0.25, 0.3) is 0 Å². The van der Waals surface area contributed by atoms with Gasteiger partial charge >= 0.3 is 5.97 Å². The minimum absolute atomic E-state index is 0.414. The number of para-hydroxylation sites is 1. The van der Waals surface area contributed by atoms with E-state index >= 15 is 0 Å². The van der Waals surface area contributed by atoms with Gasteiger partial charge in [0.1, 0.15) is 12.0 Å². The maximum Gasteiger partial charge on any atom is 0.339 e. The van der Waals surface area contributed by atoms with Crippen LogP contribution in [0.1, 0.15) is 24.2 Å². The lowest BCUT2D eigenvalue weighted by atomic mass is 10.2. The number of hydrogen-bond donors (Lipinski definition) is 2. The molecule has 0 unspecified atom stereocenters. The van der Waals surface area contributed by atoms with E-state index in [1.54, 1.807) is 18.2 Å². The van der Waals surface area contributed by atoms with Gasteiger partial charge in [-0.25, -0.2) is 14.8 Å². The predicted octanol–water partition coefficient (Wildman–Crippen LogP) is 2.44. The molecule has 1 heterocycles. The number of carbonyl (C=O) groups excluding carboxylic acids is 1. The van der Waals surface area contributed by atoms with Crippen LogP contribution in [0.2, 0.25) is 0 Å². The highest BCUT2D eigenvalue weighted by molar-refractivity contribution is 5.97. The summed E-state index contributed by atoms with van der Waals surface area (Å²) in [6.07, 6.45) is 1.45. The van der Waals surface area contributed by atoms with Crippen LogP contribution in [0, 0.1) is 0 Å². The maximum atomic E-state index is 11.8. The topological polar surface area (TPSA) is 93.4 Å². The van der Waals surface area contributed by atoms with Crippen LogP contribution >= 0.6 is 0 Å². The standard InChI is InChI=1S/C16H21N5O2/c1-4-21(5-2)15-13(17)14(18-10-19-15)20-12-9-7-6-8-11(12)16(22)23-3/h6-10H,4-5,17H2,1-3H3,(H,18,19,20). The summed E-state index contributed by atoms with van der Waals surface area (Å²) in [5.74, 6) is 0.700. The normalized spacial score (nSPS) is 10.2. The zero-order valence-electron chi connectivity index (χ0n) is 13.5. The minimum atomic E-state index is -0.426. The van der Waals surface area contributed by atoms with Gasteiger partial charge in [0.2, 0.25) is 0 Å². The van der Waals surface area contributed by atoms with Gasteiger partial charge in [-0.1, -0.05) is 12.1 Å². The molecule has 0 saturated heterocycles. The monoisotopic (exact) mass is 315 g/mol. The van der Waals surface area contributed by atoms with Crippen molar-refractivity contribution < 1.29 is 9.53 Å². The Morgan fingerprint density at radius 3 is 2.61 bits per heavy atom. The van der Waals surface area contributed by atoms with Crippen molar-refractivity contribution in [1.82, 2.24) is 9.97 Å². The molecular weight excluding hydrogens is 294 g/mol. The number of nitrogens with one attached hydrogen (secondary N) is 1. The van der Waals surface area contributed by atoms with Crippen molar-refractivity contribution in [1.29, 1.82) is 0 Å². The lowest BCUT2D eigenvalue weighted by Crippen LogP contribution is -2.24. The summed E-state index contributed by atoms with van der Waals surface area (Å²) in [5, 5.41) is 3.10. The number of nitrogens with two attached hydrogens (primary N) is 1. The molecule has 0 radical (unpaired) electrons. The number of rotatable bonds is 6. The van der Waals surface area contributed by atoms with Crippen molar-refractivity contribution in [3.05, 3.63) is 36.2 Å². The molecule has 2 rings (SSSR count). The van der Waals surface area contributed by atoms with Crippen LogP contribution in [0.4, 0.5) is 23.0 Å². The number of anilines is 4. The average Bonchev–Trinajstić information content (AvgIpc) is 2.59. The highest BCUT2D eigenvalue weighted by Gasteiger charge is 2.16. The highest BCUT2D eigenvalue weighted by atomic mass is 16.5. The summed E-state index contributed by atoms with van der Waals surface area (Å²) in [6.45, 7) is 5.64. The van der Waals surface area contributed by atoms with Crippen molar-refractivity contribution in [2.24, 2.45) is 0 Å². The number of aromatic nitrogens is 2. The van der Waals surface area contributed by atoms with Gasteiger partial charge in [0.05, 0.1) is 18.4 Å². The second-order valence-corrected chi connectivity index (χ2v) is 4.79. The number of nitrogens with zero attached hydrogens (tertiary/aromatic N) is 3. The van der Waals surface area contributed by atoms with Crippen molar-refractivity contribution in [3.8, 4) is 0 Å². The molecule has 0 saturated carbocycles. The van der Waals surface area contributed by atoms with Crippen LogP contribution < -0.4 is 16.0 Å². The number of hydrogen-bond acceptors (Lipinski definition) is 7. The molecule has 0 aliphatic heterocycles. The van der Waals surface area contributed by atoms with Gasteiger partial charge in [0, 0.05) is 13.1 Å². The SMILES string of the molecule is CCN(CC)c1ncnc(Nc2ccccc2C(=O)OC)c1N. The van der Waals surface area contributed by atoms with E-state index in [0.717, 1.165) is 13.1 Å². The van der Waals surface area contributed by atoms with Gasteiger partial charge in [-0.05, 0) is 26.0 Å². The van der Waals surface area contributed by atoms with Gasteiger partial charge in [-0.3, -0.25) is 0 Å². The summed E-state index contributed by atoms with van der Waals surface area (Å²) in [6, 6.07) is 7.03. The summed E-state index contributed by atoms with van der Waals surface area (Å²) in [7, 11) is 1.34. The van der Waals surface area contributed by atoms with Gasteiger partial charge in [0.15, 0.2) is 11.6 Å². The Morgan fingerprint density at radius 2 is 1.96 bits per heavy atom. The van der Waals surface area contributed by atoms with Crippen LogP contribution in [0.15, 0.2) is 30.6 Å². The summed E-state index contributed by atoms with van der Waals surface area (Å²) in [4.78, 5) is 22.3. The van der Waals surface area contributed by atoms with Crippen LogP contribution in [0.3, 0.4) is 0 Å². The molecule has 0 aliphatic rings. The Balaban J connectivity index is 2.39. The first-order valence-electron chi connectivity index (χ1n) is 7.42. The molecule has 2 aromatic rings. The third-order valence-electron chi connectivity index (χ3n) is 3.51. The fourth-order valence-electron chi connectivity index (χ4n) is 2.27. The van der Waals surface area contributed by atoms with Gasteiger partial charge in [-0.15, -0.1) is 0 Å². The molecule has 0 spiro atoms. The van der Waals surface area contributed by atoms with Gasteiger partial charge < -0.3 is 20.7 Å². The molecule has 1 aromatic heterocycles. The van der Waals surface area contributed by atoms with Gasteiger partial charge in [0.25, 0.3) is 0 Å². The van der Waals surface area contributed by atoms with E-state index < -0.39 is 5.97 Å². The quantitative estimate of drug-likeness (QED) is 0.791. The zero-order chi connectivity index (χ0) is 16.8. The lowest BCUT2D eigenvalue weighted by Gasteiger charge is -2.22. The Labute approximate surface area is 135 Å². The van der Waals surface area contributed by atoms with Crippen LogP contribution in [0.5, 0.6) is 0 Å². The van der Waals surface area contributed by atoms with E-state index in [4.69, 9.17) is 10.5 Å².